The van der Waals surface area contributed by atoms with Crippen molar-refractivity contribution >= 4 is 15.8 Å². The highest BCUT2D eigenvalue weighted by Gasteiger charge is 2.21. The Balaban J connectivity index is 1.99. The van der Waals surface area contributed by atoms with Gasteiger partial charge in [-0.05, 0) is 42.8 Å². The molecule has 0 aliphatic rings. The van der Waals surface area contributed by atoms with Gasteiger partial charge in [-0.2, -0.15) is 18.2 Å². The molecule has 0 spiro atoms. The van der Waals surface area contributed by atoms with Crippen LogP contribution in [-0.4, -0.2) is 23.1 Å². The summed E-state index contributed by atoms with van der Waals surface area (Å²) in [5.41, 5.74) is 0.852. The molecule has 0 aliphatic carbocycles. The van der Waals surface area contributed by atoms with Crippen LogP contribution in [0.3, 0.4) is 0 Å². The van der Waals surface area contributed by atoms with E-state index >= 15 is 0 Å². The molecule has 0 radical (unpaired) electrons. The first kappa shape index (κ1) is 18.5. The van der Waals surface area contributed by atoms with Crippen LogP contribution in [0.15, 0.2) is 59.5 Å². The molecule has 1 heterocycles. The van der Waals surface area contributed by atoms with Gasteiger partial charge in [0.05, 0.1) is 16.3 Å². The lowest BCUT2D eigenvalue weighted by molar-refractivity contribution is -0.384. The largest absolute Gasteiger partial charge is 0.358 e. The van der Waals surface area contributed by atoms with E-state index in [0.717, 1.165) is 24.3 Å². The predicted molar refractivity (Wildman–Crippen MR) is 93.8 cm³/mol. The number of rotatable bonds is 6. The standard InChI is InChI=1S/C17H14FN3O5S/c1-2-13-11-17(26-27(24,25)16-9-3-12(18)4-10-16)20(19-13)14-5-7-15(8-6-14)21(22)23/h3-11H,2H2,1H3. The van der Waals surface area contributed by atoms with Gasteiger partial charge in [0.15, 0.2) is 0 Å². The van der Waals surface area contributed by atoms with Crippen molar-refractivity contribution in [2.45, 2.75) is 18.2 Å². The Morgan fingerprint density at radius 3 is 2.33 bits per heavy atom. The van der Waals surface area contributed by atoms with E-state index in [1.807, 2.05) is 6.92 Å². The molecule has 0 atom stereocenters. The third-order valence-corrected chi connectivity index (χ3v) is 4.93. The first-order valence-electron chi connectivity index (χ1n) is 7.84. The van der Waals surface area contributed by atoms with Crippen molar-refractivity contribution in [3.05, 3.63) is 76.2 Å². The average molecular weight is 391 g/mol. The Bertz CT molecular complexity index is 1080. The summed E-state index contributed by atoms with van der Waals surface area (Å²) in [4.78, 5) is 10.0. The molecule has 27 heavy (non-hydrogen) atoms. The van der Waals surface area contributed by atoms with Gasteiger partial charge in [0.2, 0.25) is 5.88 Å². The van der Waals surface area contributed by atoms with E-state index in [1.54, 1.807) is 0 Å². The van der Waals surface area contributed by atoms with E-state index < -0.39 is 20.9 Å². The molecule has 3 aromatic rings. The van der Waals surface area contributed by atoms with Gasteiger partial charge in [0.25, 0.3) is 5.69 Å². The van der Waals surface area contributed by atoms with Crippen molar-refractivity contribution in [3.8, 4) is 11.6 Å². The zero-order chi connectivity index (χ0) is 19.6. The maximum absolute atomic E-state index is 13.0. The Kier molecular flexibility index (Phi) is 4.91. The second-order valence-corrected chi connectivity index (χ2v) is 7.05. The van der Waals surface area contributed by atoms with Gasteiger partial charge in [0, 0.05) is 18.2 Å². The van der Waals surface area contributed by atoms with E-state index in [0.29, 0.717) is 17.8 Å². The van der Waals surface area contributed by atoms with Crippen molar-refractivity contribution < 1.29 is 21.9 Å². The van der Waals surface area contributed by atoms with Crippen LogP contribution in [0.25, 0.3) is 5.69 Å². The van der Waals surface area contributed by atoms with Crippen molar-refractivity contribution in [3.63, 3.8) is 0 Å². The molecule has 140 valence electrons. The summed E-state index contributed by atoms with van der Waals surface area (Å²) < 4.78 is 44.4. The number of hydrogen-bond donors (Lipinski definition) is 0. The number of nitro groups is 1. The normalized spacial score (nSPS) is 11.3. The molecule has 0 saturated heterocycles. The fourth-order valence-corrected chi connectivity index (χ4v) is 3.21. The number of aryl methyl sites for hydroxylation is 1. The molecule has 0 aliphatic heterocycles. The molecular formula is C17H14FN3O5S. The van der Waals surface area contributed by atoms with Gasteiger partial charge in [-0.3, -0.25) is 10.1 Å². The van der Waals surface area contributed by atoms with Crippen molar-refractivity contribution in [1.29, 1.82) is 0 Å². The first-order chi connectivity index (χ1) is 12.8. The molecular weight excluding hydrogens is 377 g/mol. The Hall–Kier alpha value is -3.27. The highest BCUT2D eigenvalue weighted by Crippen LogP contribution is 2.25. The van der Waals surface area contributed by atoms with Crippen LogP contribution in [0.5, 0.6) is 5.88 Å². The van der Waals surface area contributed by atoms with E-state index in [2.05, 4.69) is 5.10 Å². The smallest absolute Gasteiger partial charge is 0.340 e. The molecule has 1 aromatic heterocycles. The number of hydrogen-bond acceptors (Lipinski definition) is 6. The molecule has 0 fully saturated rings. The molecule has 0 bridgehead atoms. The van der Waals surface area contributed by atoms with E-state index in [4.69, 9.17) is 4.18 Å². The van der Waals surface area contributed by atoms with Crippen LogP contribution in [-0.2, 0) is 16.5 Å². The van der Waals surface area contributed by atoms with Crippen molar-refractivity contribution in [2.75, 3.05) is 0 Å². The van der Waals surface area contributed by atoms with Gasteiger partial charge in [-0.25, -0.2) is 4.39 Å². The van der Waals surface area contributed by atoms with Crippen LogP contribution in [0.4, 0.5) is 10.1 Å². The fourth-order valence-electron chi connectivity index (χ4n) is 2.30. The zero-order valence-corrected chi connectivity index (χ0v) is 14.9. The van der Waals surface area contributed by atoms with Crippen molar-refractivity contribution in [1.82, 2.24) is 9.78 Å². The SMILES string of the molecule is CCc1cc(OS(=O)(=O)c2ccc(F)cc2)n(-c2ccc([N+](=O)[O-])cc2)n1. The third-order valence-electron chi connectivity index (χ3n) is 3.69. The molecule has 0 unspecified atom stereocenters. The van der Waals surface area contributed by atoms with Gasteiger partial charge in [0.1, 0.15) is 10.7 Å². The molecule has 3 rings (SSSR count). The van der Waals surface area contributed by atoms with E-state index in [9.17, 15) is 22.9 Å². The monoisotopic (exact) mass is 391 g/mol. The molecule has 2 aromatic carbocycles. The van der Waals surface area contributed by atoms with Gasteiger partial charge < -0.3 is 4.18 Å². The topological polar surface area (TPSA) is 104 Å². The number of nitrogens with zero attached hydrogens (tertiary/aromatic N) is 3. The van der Waals surface area contributed by atoms with E-state index in [1.165, 1.54) is 35.0 Å². The highest BCUT2D eigenvalue weighted by molar-refractivity contribution is 7.87. The minimum atomic E-state index is -4.21. The summed E-state index contributed by atoms with van der Waals surface area (Å²) in [6.45, 7) is 1.83. The summed E-state index contributed by atoms with van der Waals surface area (Å²) in [5, 5.41) is 15.0. The second-order valence-electron chi connectivity index (χ2n) is 5.50. The maximum atomic E-state index is 13.0. The minimum Gasteiger partial charge on any atom is -0.358 e. The van der Waals surface area contributed by atoms with Crippen LogP contribution in [0.2, 0.25) is 0 Å². The molecule has 0 N–H and O–H groups in total. The lowest BCUT2D eigenvalue weighted by Crippen LogP contribution is -2.12. The van der Waals surface area contributed by atoms with Gasteiger partial charge >= 0.3 is 10.1 Å². The first-order valence-corrected chi connectivity index (χ1v) is 9.25. The Morgan fingerprint density at radius 2 is 1.78 bits per heavy atom. The predicted octanol–water partition coefficient (Wildman–Crippen LogP) is 3.25. The summed E-state index contributed by atoms with van der Waals surface area (Å²) in [5.74, 6) is -0.650. The summed E-state index contributed by atoms with van der Waals surface area (Å²) >= 11 is 0. The number of halogens is 1. The quantitative estimate of drug-likeness (QED) is 0.363. The Labute approximate surface area is 154 Å². The van der Waals surface area contributed by atoms with Crippen LogP contribution in [0, 0.1) is 15.9 Å². The Morgan fingerprint density at radius 1 is 1.15 bits per heavy atom. The summed E-state index contributed by atoms with van der Waals surface area (Å²) in [6.07, 6.45) is 0.521. The number of benzene rings is 2. The van der Waals surface area contributed by atoms with Crippen molar-refractivity contribution in [2.24, 2.45) is 0 Å². The van der Waals surface area contributed by atoms with Crippen LogP contribution in [0.1, 0.15) is 12.6 Å². The molecule has 8 nitrogen and oxygen atoms in total. The lowest BCUT2D eigenvalue weighted by atomic mass is 10.3. The molecule has 10 heteroatoms. The minimum absolute atomic E-state index is 0.0787. The summed E-state index contributed by atoms with van der Waals surface area (Å²) in [7, 11) is -4.21. The lowest BCUT2D eigenvalue weighted by Gasteiger charge is -2.09. The van der Waals surface area contributed by atoms with E-state index in [-0.39, 0.29) is 16.5 Å². The fraction of sp³-hybridized carbons (Fsp3) is 0.118. The van der Waals surface area contributed by atoms with Crippen LogP contribution < -0.4 is 4.18 Å². The molecule has 0 amide bonds. The third kappa shape index (κ3) is 3.95. The maximum Gasteiger partial charge on any atom is 0.340 e. The van der Waals surface area contributed by atoms with Gasteiger partial charge in [-0.15, -0.1) is 0 Å². The van der Waals surface area contributed by atoms with Crippen LogP contribution >= 0.6 is 0 Å². The number of non-ortho nitro benzene ring substituents is 1. The number of nitro benzene ring substituents is 1. The zero-order valence-electron chi connectivity index (χ0n) is 14.1. The average Bonchev–Trinajstić information content (AvgIpc) is 3.04. The van der Waals surface area contributed by atoms with Gasteiger partial charge in [-0.1, -0.05) is 6.92 Å². The second kappa shape index (κ2) is 7.16. The molecule has 0 saturated carbocycles. The number of aromatic nitrogens is 2. The summed E-state index contributed by atoms with van der Waals surface area (Å²) in [6, 6.07) is 11.1. The highest BCUT2D eigenvalue weighted by atomic mass is 32.2.